The van der Waals surface area contributed by atoms with Gasteiger partial charge in [0, 0.05) is 18.7 Å². The van der Waals surface area contributed by atoms with Gasteiger partial charge in [0.1, 0.15) is 29.5 Å². The Hall–Kier alpha value is -4.38. The summed E-state index contributed by atoms with van der Waals surface area (Å²) in [5.74, 6) is 0.850. The van der Waals surface area contributed by atoms with E-state index in [1.165, 1.54) is 6.07 Å². The van der Waals surface area contributed by atoms with Crippen molar-refractivity contribution >= 4 is 30.0 Å². The van der Waals surface area contributed by atoms with Crippen molar-refractivity contribution in [3.8, 4) is 22.6 Å². The summed E-state index contributed by atoms with van der Waals surface area (Å²) in [7, 11) is 3.99. The highest BCUT2D eigenvalue weighted by molar-refractivity contribution is 6.53. The molecule has 0 saturated carbocycles. The second-order valence-corrected chi connectivity index (χ2v) is 12.7. The number of nitrogens with zero attached hydrogens (tertiary/aromatic N) is 1. The molecule has 0 spiro atoms. The molecule has 1 amide bonds. The molecule has 0 aliphatic carbocycles. The van der Waals surface area contributed by atoms with E-state index >= 15 is 0 Å². The molecular formula is C38H44BFN2O6. The summed E-state index contributed by atoms with van der Waals surface area (Å²) in [4.78, 5) is 15.1. The third-order valence-corrected chi connectivity index (χ3v) is 8.57. The minimum atomic E-state index is -1.09. The number of aliphatic hydroxyl groups excluding tert-OH is 1. The summed E-state index contributed by atoms with van der Waals surface area (Å²) in [5, 5.41) is 13.7. The molecule has 0 fully saturated rings. The van der Waals surface area contributed by atoms with Gasteiger partial charge in [-0.25, -0.2) is 4.39 Å². The number of benzene rings is 4. The monoisotopic (exact) mass is 654 g/mol. The highest BCUT2D eigenvalue weighted by atomic mass is 19.1. The number of aliphatic hydroxyl groups is 1. The van der Waals surface area contributed by atoms with Gasteiger partial charge in [-0.2, -0.15) is 0 Å². The largest absolute Gasteiger partial charge is 0.496 e. The number of halogens is 1. The summed E-state index contributed by atoms with van der Waals surface area (Å²) >= 11 is 0. The number of rotatable bonds is 14. The van der Waals surface area contributed by atoms with Gasteiger partial charge in [0.2, 0.25) is 0 Å². The third kappa shape index (κ3) is 8.18. The van der Waals surface area contributed by atoms with E-state index in [0.717, 1.165) is 44.7 Å². The molecule has 8 nitrogen and oxygen atoms in total. The predicted octanol–water partition coefficient (Wildman–Crippen LogP) is 5.56. The first-order valence-electron chi connectivity index (χ1n) is 16.2. The average Bonchev–Trinajstić information content (AvgIpc) is 3.06. The van der Waals surface area contributed by atoms with E-state index in [9.17, 15) is 14.3 Å². The van der Waals surface area contributed by atoms with Crippen molar-refractivity contribution in [2.45, 2.75) is 58.6 Å². The quantitative estimate of drug-likeness (QED) is 0.136. The normalized spacial score (nSPS) is 14.9. The molecule has 1 aliphatic rings. The average molecular weight is 655 g/mol. The number of ether oxygens (including phenoxy) is 4. The highest BCUT2D eigenvalue weighted by Crippen LogP contribution is 2.44. The van der Waals surface area contributed by atoms with Crippen molar-refractivity contribution in [2.24, 2.45) is 0 Å². The number of hydrogen-bond donors (Lipinski definition) is 2. The van der Waals surface area contributed by atoms with Gasteiger partial charge in [-0.05, 0) is 81.0 Å². The number of anilines is 2. The molecule has 0 bridgehead atoms. The minimum absolute atomic E-state index is 0.0391. The molecule has 0 radical (unpaired) electrons. The van der Waals surface area contributed by atoms with Gasteiger partial charge >= 0.3 is 0 Å². The molecule has 10 heteroatoms. The molecule has 2 atom stereocenters. The van der Waals surface area contributed by atoms with Gasteiger partial charge < -0.3 is 34.3 Å². The van der Waals surface area contributed by atoms with E-state index in [1.54, 1.807) is 31.2 Å². The second kappa shape index (κ2) is 15.2. The molecule has 5 rings (SSSR count). The Balaban J connectivity index is 1.34. The smallest absolute Gasteiger partial charge is 0.251 e. The second-order valence-electron chi connectivity index (χ2n) is 12.7. The van der Waals surface area contributed by atoms with Gasteiger partial charge in [0.05, 0.1) is 37.8 Å². The van der Waals surface area contributed by atoms with E-state index in [0.29, 0.717) is 31.7 Å². The Morgan fingerprint density at radius 1 is 1.00 bits per heavy atom. The molecule has 2 unspecified atom stereocenters. The zero-order valence-corrected chi connectivity index (χ0v) is 28.5. The Morgan fingerprint density at radius 2 is 1.75 bits per heavy atom. The molecule has 0 aromatic heterocycles. The van der Waals surface area contributed by atoms with Crippen molar-refractivity contribution in [2.75, 3.05) is 37.6 Å². The minimum Gasteiger partial charge on any atom is -0.496 e. The van der Waals surface area contributed by atoms with Crippen LogP contribution in [0.25, 0.3) is 11.1 Å². The molecule has 2 N–H and O–H groups in total. The van der Waals surface area contributed by atoms with Crippen LogP contribution in [0.5, 0.6) is 11.5 Å². The first-order valence-corrected chi connectivity index (χ1v) is 16.2. The maximum atomic E-state index is 14.2. The fraction of sp³-hybridized carbons (Fsp3) is 0.342. The number of aryl methyl sites for hydroxylation is 1. The number of fused-ring (bicyclic) bond motifs is 1. The van der Waals surface area contributed by atoms with Gasteiger partial charge in [-0.3, -0.25) is 4.79 Å². The number of carbonyl (C=O) groups is 1. The van der Waals surface area contributed by atoms with Crippen LogP contribution in [0.3, 0.4) is 0 Å². The summed E-state index contributed by atoms with van der Waals surface area (Å²) in [6.07, 6.45) is -0.932. The van der Waals surface area contributed by atoms with Crippen LogP contribution in [-0.2, 0) is 27.2 Å². The van der Waals surface area contributed by atoms with Crippen LogP contribution in [0, 0.1) is 12.7 Å². The lowest BCUT2D eigenvalue weighted by Gasteiger charge is -2.40. The van der Waals surface area contributed by atoms with Crippen LogP contribution in [-0.4, -0.2) is 63.6 Å². The van der Waals surface area contributed by atoms with Crippen LogP contribution in [0.15, 0.2) is 78.9 Å². The highest BCUT2D eigenvalue weighted by Gasteiger charge is 2.38. The van der Waals surface area contributed by atoms with E-state index < -0.39 is 17.9 Å². The number of amides is 1. The van der Waals surface area contributed by atoms with Crippen LogP contribution >= 0.6 is 0 Å². The predicted molar refractivity (Wildman–Crippen MR) is 189 cm³/mol. The van der Waals surface area contributed by atoms with Crippen molar-refractivity contribution in [1.82, 2.24) is 0 Å². The molecule has 48 heavy (non-hydrogen) atoms. The van der Waals surface area contributed by atoms with Gasteiger partial charge in [0.15, 0.2) is 13.6 Å². The molecule has 4 aromatic carbocycles. The van der Waals surface area contributed by atoms with Crippen molar-refractivity contribution < 1.29 is 33.2 Å². The van der Waals surface area contributed by atoms with Crippen molar-refractivity contribution in [3.63, 3.8) is 0 Å². The number of hydrogen-bond acceptors (Lipinski definition) is 7. The molecular weight excluding hydrogens is 610 g/mol. The topological polar surface area (TPSA) is 89.5 Å². The number of methoxy groups -OCH3 is 1. The Morgan fingerprint density at radius 3 is 2.50 bits per heavy atom. The number of nitrogens with one attached hydrogen (secondary N) is 1. The lowest BCUT2D eigenvalue weighted by atomic mass is 9.62. The Bertz CT molecular complexity index is 1730. The molecule has 252 valence electrons. The van der Waals surface area contributed by atoms with Gasteiger partial charge in [-0.1, -0.05) is 53.5 Å². The Kier molecular flexibility index (Phi) is 11.1. The van der Waals surface area contributed by atoms with Crippen LogP contribution < -0.4 is 25.2 Å². The summed E-state index contributed by atoms with van der Waals surface area (Å²) in [6.45, 7) is 8.15. The standard InChI is InChI=1S/C38H44BFN2O6/c1-24-12-13-27(40)18-32(24)39-20-31-29(16-17-33-36(31)42(5)37(44)38(3,4)41-33)30-15-14-28(19-34(30)45-6)47-21-25(2)48-35(43)23-46-22-26-10-8-7-9-11-26/h7-19,25,35,39,41,43H,20-23H2,1-6H3. The molecule has 1 aliphatic heterocycles. The first-order chi connectivity index (χ1) is 23.0. The van der Waals surface area contributed by atoms with Crippen LogP contribution in [0.4, 0.5) is 15.8 Å². The Labute approximate surface area is 283 Å². The summed E-state index contributed by atoms with van der Waals surface area (Å²) in [6, 6.07) is 24.2. The van der Waals surface area contributed by atoms with Crippen LogP contribution in [0.1, 0.15) is 37.5 Å². The van der Waals surface area contributed by atoms with Crippen LogP contribution in [0.2, 0.25) is 0 Å². The zero-order valence-electron chi connectivity index (χ0n) is 28.5. The summed E-state index contributed by atoms with van der Waals surface area (Å²) < 4.78 is 37.3. The van der Waals surface area contributed by atoms with Crippen molar-refractivity contribution in [1.29, 1.82) is 0 Å². The lowest BCUT2D eigenvalue weighted by molar-refractivity contribution is -0.169. The van der Waals surface area contributed by atoms with E-state index in [2.05, 4.69) is 5.32 Å². The fourth-order valence-electron chi connectivity index (χ4n) is 6.10. The van der Waals surface area contributed by atoms with E-state index in [1.807, 2.05) is 88.4 Å². The SMILES string of the molecule is COc1cc(OCC(C)OC(O)COCc2ccccc2)ccc1-c1ccc2c(c1CBc1cc(F)ccc1C)N(C)C(=O)C(C)(C)N2. The maximum Gasteiger partial charge on any atom is 0.251 e. The van der Waals surface area contributed by atoms with Gasteiger partial charge in [0.25, 0.3) is 5.91 Å². The van der Waals surface area contributed by atoms with Crippen molar-refractivity contribution in [3.05, 3.63) is 101 Å². The molecule has 4 aromatic rings. The fourth-order valence-corrected chi connectivity index (χ4v) is 6.10. The van der Waals surface area contributed by atoms with E-state index in [-0.39, 0.29) is 24.9 Å². The van der Waals surface area contributed by atoms with Gasteiger partial charge in [-0.15, -0.1) is 0 Å². The molecule has 0 saturated heterocycles. The third-order valence-electron chi connectivity index (χ3n) is 8.57. The molecule has 1 heterocycles. The number of carbonyl (C=O) groups excluding carboxylic acids is 1. The van der Waals surface area contributed by atoms with E-state index in [4.69, 9.17) is 18.9 Å². The summed E-state index contributed by atoms with van der Waals surface area (Å²) in [5.41, 5.74) is 6.52. The first kappa shape index (κ1) is 34.9. The maximum absolute atomic E-state index is 14.2. The zero-order chi connectivity index (χ0) is 34.4. The number of likely N-dealkylation sites (N-methyl/N-ethyl adjacent to an activating group) is 1. The lowest BCUT2D eigenvalue weighted by Crippen LogP contribution is -2.52.